The van der Waals surface area contributed by atoms with Crippen molar-refractivity contribution in [3.05, 3.63) is 0 Å². The standard InChI is InChI=1S/C14H29N3/c1-16(2)10-8-14-12(11-15)5-3-4-9-17(14)13-6-7-13/h12-14H,3-11,15H2,1-2H3/t12-,14-/m1/s1. The topological polar surface area (TPSA) is 32.5 Å². The molecule has 3 nitrogen and oxygen atoms in total. The molecule has 1 heterocycles. The van der Waals surface area contributed by atoms with Crippen LogP contribution < -0.4 is 5.73 Å². The monoisotopic (exact) mass is 239 g/mol. The lowest BCUT2D eigenvalue weighted by Crippen LogP contribution is -2.45. The van der Waals surface area contributed by atoms with Crippen LogP contribution in [0.4, 0.5) is 0 Å². The molecule has 0 spiro atoms. The Morgan fingerprint density at radius 1 is 1.18 bits per heavy atom. The van der Waals surface area contributed by atoms with E-state index in [-0.39, 0.29) is 0 Å². The van der Waals surface area contributed by atoms with Gasteiger partial charge in [-0.1, -0.05) is 6.42 Å². The molecular weight excluding hydrogens is 210 g/mol. The summed E-state index contributed by atoms with van der Waals surface area (Å²) in [5, 5.41) is 0. The third-order valence-electron chi connectivity index (χ3n) is 4.40. The Labute approximate surface area is 106 Å². The van der Waals surface area contributed by atoms with E-state index in [2.05, 4.69) is 23.9 Å². The summed E-state index contributed by atoms with van der Waals surface area (Å²) in [5.41, 5.74) is 6.01. The van der Waals surface area contributed by atoms with Crippen LogP contribution in [-0.4, -0.2) is 55.6 Å². The Bertz CT molecular complexity index is 226. The van der Waals surface area contributed by atoms with Crippen molar-refractivity contribution in [2.45, 2.75) is 50.6 Å². The Kier molecular flexibility index (Phi) is 4.83. The maximum atomic E-state index is 6.01. The summed E-state index contributed by atoms with van der Waals surface area (Å²) < 4.78 is 0. The second-order valence-electron chi connectivity index (χ2n) is 6.12. The zero-order valence-electron chi connectivity index (χ0n) is 11.6. The summed E-state index contributed by atoms with van der Waals surface area (Å²) in [6.45, 7) is 3.39. The van der Waals surface area contributed by atoms with E-state index in [1.165, 1.54) is 51.6 Å². The molecule has 0 aromatic heterocycles. The highest BCUT2D eigenvalue weighted by atomic mass is 15.2. The minimum atomic E-state index is 0.734. The van der Waals surface area contributed by atoms with Gasteiger partial charge in [-0.15, -0.1) is 0 Å². The van der Waals surface area contributed by atoms with Crippen LogP contribution in [0.25, 0.3) is 0 Å². The number of hydrogen-bond donors (Lipinski definition) is 1. The molecule has 0 aromatic rings. The van der Waals surface area contributed by atoms with Gasteiger partial charge in [-0.3, -0.25) is 4.90 Å². The third kappa shape index (κ3) is 3.67. The molecule has 100 valence electrons. The van der Waals surface area contributed by atoms with Crippen LogP contribution in [0.2, 0.25) is 0 Å². The third-order valence-corrected chi connectivity index (χ3v) is 4.40. The van der Waals surface area contributed by atoms with Crippen LogP contribution in [-0.2, 0) is 0 Å². The fourth-order valence-corrected chi connectivity index (χ4v) is 3.26. The minimum absolute atomic E-state index is 0.734. The van der Waals surface area contributed by atoms with Gasteiger partial charge in [0, 0.05) is 12.1 Å². The summed E-state index contributed by atoms with van der Waals surface area (Å²) >= 11 is 0. The molecule has 0 unspecified atom stereocenters. The van der Waals surface area contributed by atoms with Crippen LogP contribution in [0.15, 0.2) is 0 Å². The van der Waals surface area contributed by atoms with Gasteiger partial charge in [0.1, 0.15) is 0 Å². The second kappa shape index (κ2) is 6.17. The van der Waals surface area contributed by atoms with Crippen molar-refractivity contribution in [2.24, 2.45) is 11.7 Å². The fourth-order valence-electron chi connectivity index (χ4n) is 3.26. The molecule has 2 rings (SSSR count). The molecule has 2 fully saturated rings. The number of hydrogen-bond acceptors (Lipinski definition) is 3. The highest BCUT2D eigenvalue weighted by Gasteiger charge is 2.37. The highest BCUT2D eigenvalue weighted by Crippen LogP contribution is 2.35. The summed E-state index contributed by atoms with van der Waals surface area (Å²) in [5.74, 6) is 0.734. The van der Waals surface area contributed by atoms with Crippen molar-refractivity contribution in [2.75, 3.05) is 33.7 Å². The van der Waals surface area contributed by atoms with Crippen LogP contribution in [0.1, 0.15) is 38.5 Å². The van der Waals surface area contributed by atoms with Gasteiger partial charge in [0.2, 0.25) is 0 Å². The molecule has 0 radical (unpaired) electrons. The second-order valence-corrected chi connectivity index (χ2v) is 6.12. The van der Waals surface area contributed by atoms with Crippen molar-refractivity contribution in [1.29, 1.82) is 0 Å². The van der Waals surface area contributed by atoms with E-state index >= 15 is 0 Å². The first kappa shape index (κ1) is 13.3. The maximum Gasteiger partial charge on any atom is 0.0151 e. The zero-order valence-corrected chi connectivity index (χ0v) is 11.6. The van der Waals surface area contributed by atoms with Gasteiger partial charge in [0.15, 0.2) is 0 Å². The largest absolute Gasteiger partial charge is 0.330 e. The van der Waals surface area contributed by atoms with E-state index in [1.807, 2.05) is 0 Å². The van der Waals surface area contributed by atoms with Gasteiger partial charge >= 0.3 is 0 Å². The molecule has 17 heavy (non-hydrogen) atoms. The first-order chi connectivity index (χ1) is 8.22. The van der Waals surface area contributed by atoms with Gasteiger partial charge in [-0.05, 0) is 71.8 Å². The van der Waals surface area contributed by atoms with Gasteiger partial charge in [-0.2, -0.15) is 0 Å². The molecule has 0 amide bonds. The summed E-state index contributed by atoms with van der Waals surface area (Å²) in [6, 6.07) is 1.65. The Morgan fingerprint density at radius 2 is 1.94 bits per heavy atom. The van der Waals surface area contributed by atoms with Gasteiger partial charge in [0.25, 0.3) is 0 Å². The van der Waals surface area contributed by atoms with E-state index in [1.54, 1.807) is 0 Å². The quantitative estimate of drug-likeness (QED) is 0.790. The SMILES string of the molecule is CN(C)CC[C@@H]1[C@@H](CN)CCCCN1C1CC1. The molecule has 3 heteroatoms. The van der Waals surface area contributed by atoms with Crippen molar-refractivity contribution in [3.63, 3.8) is 0 Å². The summed E-state index contributed by atoms with van der Waals surface area (Å²) in [4.78, 5) is 5.11. The Hall–Kier alpha value is -0.120. The Balaban J connectivity index is 1.99. The van der Waals surface area contributed by atoms with E-state index in [4.69, 9.17) is 5.73 Å². The summed E-state index contributed by atoms with van der Waals surface area (Å²) in [7, 11) is 4.35. The van der Waals surface area contributed by atoms with Gasteiger partial charge in [-0.25, -0.2) is 0 Å². The van der Waals surface area contributed by atoms with Crippen molar-refractivity contribution in [1.82, 2.24) is 9.80 Å². The predicted octanol–water partition coefficient (Wildman–Crippen LogP) is 1.53. The number of rotatable bonds is 5. The summed E-state index contributed by atoms with van der Waals surface area (Å²) in [6.07, 6.45) is 8.25. The highest BCUT2D eigenvalue weighted by molar-refractivity contribution is 4.93. The average Bonchev–Trinajstić information content (AvgIpc) is 3.12. The number of nitrogens with zero attached hydrogens (tertiary/aromatic N) is 2. The predicted molar refractivity (Wildman–Crippen MR) is 73.1 cm³/mol. The molecule has 0 bridgehead atoms. The van der Waals surface area contributed by atoms with E-state index < -0.39 is 0 Å². The molecule has 2 atom stereocenters. The molecule has 1 saturated heterocycles. The zero-order chi connectivity index (χ0) is 12.3. The van der Waals surface area contributed by atoms with Crippen molar-refractivity contribution >= 4 is 0 Å². The van der Waals surface area contributed by atoms with E-state index in [0.29, 0.717) is 0 Å². The van der Waals surface area contributed by atoms with E-state index in [0.717, 1.165) is 24.5 Å². The lowest BCUT2D eigenvalue weighted by Gasteiger charge is -2.35. The van der Waals surface area contributed by atoms with Crippen molar-refractivity contribution < 1.29 is 0 Å². The Morgan fingerprint density at radius 3 is 2.53 bits per heavy atom. The van der Waals surface area contributed by atoms with Crippen LogP contribution in [0.5, 0.6) is 0 Å². The fraction of sp³-hybridized carbons (Fsp3) is 1.00. The van der Waals surface area contributed by atoms with Crippen molar-refractivity contribution in [3.8, 4) is 0 Å². The van der Waals surface area contributed by atoms with Gasteiger partial charge < -0.3 is 10.6 Å². The molecule has 0 aromatic carbocycles. The maximum absolute atomic E-state index is 6.01. The smallest absolute Gasteiger partial charge is 0.0151 e. The van der Waals surface area contributed by atoms with E-state index in [9.17, 15) is 0 Å². The molecular formula is C14H29N3. The molecule has 2 aliphatic rings. The first-order valence-corrected chi connectivity index (χ1v) is 7.33. The molecule has 1 saturated carbocycles. The molecule has 2 N–H and O–H groups in total. The lowest BCUT2D eigenvalue weighted by molar-refractivity contribution is 0.130. The van der Waals surface area contributed by atoms with Crippen LogP contribution in [0, 0.1) is 5.92 Å². The molecule has 1 aliphatic carbocycles. The minimum Gasteiger partial charge on any atom is -0.330 e. The number of likely N-dealkylation sites (tertiary alicyclic amines) is 1. The first-order valence-electron chi connectivity index (χ1n) is 7.33. The normalized spacial score (nSPS) is 31.8. The lowest BCUT2D eigenvalue weighted by atomic mass is 9.92. The number of nitrogens with two attached hydrogens (primary N) is 1. The molecule has 1 aliphatic heterocycles. The van der Waals surface area contributed by atoms with Gasteiger partial charge in [0.05, 0.1) is 0 Å². The van der Waals surface area contributed by atoms with Crippen LogP contribution in [0.3, 0.4) is 0 Å². The van der Waals surface area contributed by atoms with Crippen LogP contribution >= 0.6 is 0 Å². The average molecular weight is 239 g/mol.